The molecular formula is C13H25N3O2. The standard InChI is InChI=1S/C13H25N3O2/c1-14-13(16-7-5-11(17)6-8-16)15-9-10-3-2-4-12(10)18/h10-12,17-18H,2-9H2,1H3,(H,14,15). The Hall–Kier alpha value is -0.810. The van der Waals surface area contributed by atoms with Crippen molar-refractivity contribution >= 4 is 5.96 Å². The van der Waals surface area contributed by atoms with Gasteiger partial charge in [-0.15, -0.1) is 0 Å². The van der Waals surface area contributed by atoms with Crippen LogP contribution in [0.4, 0.5) is 0 Å². The van der Waals surface area contributed by atoms with Gasteiger partial charge in [0.05, 0.1) is 12.2 Å². The Morgan fingerprint density at radius 2 is 1.94 bits per heavy atom. The van der Waals surface area contributed by atoms with Crippen LogP contribution in [0.25, 0.3) is 0 Å². The van der Waals surface area contributed by atoms with Crippen molar-refractivity contribution in [2.75, 3.05) is 26.7 Å². The normalized spacial score (nSPS) is 30.8. The average Bonchev–Trinajstić information content (AvgIpc) is 2.78. The van der Waals surface area contributed by atoms with Crippen LogP contribution in [0.5, 0.6) is 0 Å². The molecule has 1 saturated carbocycles. The molecule has 1 aliphatic carbocycles. The number of hydrogen-bond acceptors (Lipinski definition) is 3. The van der Waals surface area contributed by atoms with Gasteiger partial charge in [-0.05, 0) is 25.7 Å². The average molecular weight is 255 g/mol. The molecule has 2 rings (SSSR count). The molecule has 0 aromatic heterocycles. The zero-order chi connectivity index (χ0) is 13.0. The summed E-state index contributed by atoms with van der Waals surface area (Å²) in [6.45, 7) is 2.51. The highest BCUT2D eigenvalue weighted by molar-refractivity contribution is 5.79. The largest absolute Gasteiger partial charge is 0.393 e. The first kappa shape index (κ1) is 13.6. The highest BCUT2D eigenvalue weighted by Gasteiger charge is 2.26. The van der Waals surface area contributed by atoms with Gasteiger partial charge in [0.15, 0.2) is 5.96 Å². The molecule has 5 nitrogen and oxygen atoms in total. The summed E-state index contributed by atoms with van der Waals surface area (Å²) in [6, 6.07) is 0. The van der Waals surface area contributed by atoms with E-state index in [1.54, 1.807) is 7.05 Å². The van der Waals surface area contributed by atoms with Gasteiger partial charge in [-0.25, -0.2) is 0 Å². The number of aliphatic imine (C=N–C) groups is 1. The predicted molar refractivity (Wildman–Crippen MR) is 71.5 cm³/mol. The first-order valence-corrected chi connectivity index (χ1v) is 7.02. The summed E-state index contributed by atoms with van der Waals surface area (Å²) in [5.41, 5.74) is 0. The molecule has 0 spiro atoms. The van der Waals surface area contributed by atoms with Gasteiger partial charge < -0.3 is 20.4 Å². The van der Waals surface area contributed by atoms with Gasteiger partial charge in [-0.1, -0.05) is 6.42 Å². The van der Waals surface area contributed by atoms with Crippen molar-refractivity contribution in [1.82, 2.24) is 10.2 Å². The summed E-state index contributed by atoms with van der Waals surface area (Å²) in [6.07, 6.45) is 4.47. The Bertz CT molecular complexity index is 288. The molecule has 2 unspecified atom stereocenters. The van der Waals surface area contributed by atoms with Gasteiger partial charge in [0, 0.05) is 32.6 Å². The fourth-order valence-corrected chi connectivity index (χ4v) is 2.89. The van der Waals surface area contributed by atoms with Crippen LogP contribution in [-0.2, 0) is 0 Å². The maximum Gasteiger partial charge on any atom is 0.193 e. The molecule has 0 radical (unpaired) electrons. The number of aliphatic hydroxyl groups excluding tert-OH is 2. The molecule has 1 saturated heterocycles. The van der Waals surface area contributed by atoms with E-state index in [9.17, 15) is 10.2 Å². The van der Waals surface area contributed by atoms with Crippen molar-refractivity contribution in [3.63, 3.8) is 0 Å². The van der Waals surface area contributed by atoms with Crippen LogP contribution in [0.15, 0.2) is 4.99 Å². The topological polar surface area (TPSA) is 68.1 Å². The highest BCUT2D eigenvalue weighted by Crippen LogP contribution is 2.24. The van der Waals surface area contributed by atoms with E-state index in [0.29, 0.717) is 5.92 Å². The van der Waals surface area contributed by atoms with Gasteiger partial charge in [0.25, 0.3) is 0 Å². The second-order valence-corrected chi connectivity index (χ2v) is 5.40. The van der Waals surface area contributed by atoms with E-state index >= 15 is 0 Å². The lowest BCUT2D eigenvalue weighted by Crippen LogP contribution is -2.48. The van der Waals surface area contributed by atoms with Crippen LogP contribution in [0.3, 0.4) is 0 Å². The number of piperidine rings is 1. The number of aliphatic hydroxyl groups is 2. The van der Waals surface area contributed by atoms with E-state index in [4.69, 9.17) is 0 Å². The number of hydrogen-bond donors (Lipinski definition) is 3. The number of guanidine groups is 1. The predicted octanol–water partition coefficient (Wildman–Crippen LogP) is 0.179. The minimum atomic E-state index is -0.156. The number of nitrogens with zero attached hydrogens (tertiary/aromatic N) is 2. The minimum Gasteiger partial charge on any atom is -0.393 e. The molecule has 2 fully saturated rings. The quantitative estimate of drug-likeness (QED) is 0.486. The molecule has 1 aliphatic heterocycles. The molecule has 0 amide bonds. The SMILES string of the molecule is CN=C(NCC1CCCC1O)N1CCC(O)CC1. The number of rotatable bonds is 2. The van der Waals surface area contributed by atoms with Crippen LogP contribution >= 0.6 is 0 Å². The highest BCUT2D eigenvalue weighted by atomic mass is 16.3. The zero-order valence-corrected chi connectivity index (χ0v) is 11.2. The fourth-order valence-electron chi connectivity index (χ4n) is 2.89. The van der Waals surface area contributed by atoms with Crippen LogP contribution in [-0.4, -0.2) is 60.0 Å². The Morgan fingerprint density at radius 1 is 1.22 bits per heavy atom. The van der Waals surface area contributed by atoms with Gasteiger partial charge in [-0.2, -0.15) is 0 Å². The first-order valence-electron chi connectivity index (χ1n) is 7.02. The fraction of sp³-hybridized carbons (Fsp3) is 0.923. The molecule has 2 atom stereocenters. The molecule has 5 heteroatoms. The second-order valence-electron chi connectivity index (χ2n) is 5.40. The Labute approximate surface area is 109 Å². The van der Waals surface area contributed by atoms with Crippen molar-refractivity contribution in [3.8, 4) is 0 Å². The van der Waals surface area contributed by atoms with Crippen molar-refractivity contribution in [2.45, 2.75) is 44.3 Å². The van der Waals surface area contributed by atoms with Crippen LogP contribution < -0.4 is 5.32 Å². The van der Waals surface area contributed by atoms with Crippen molar-refractivity contribution in [2.24, 2.45) is 10.9 Å². The van der Waals surface area contributed by atoms with Gasteiger partial charge in [0.1, 0.15) is 0 Å². The van der Waals surface area contributed by atoms with Crippen molar-refractivity contribution in [1.29, 1.82) is 0 Å². The molecule has 0 bridgehead atoms. The van der Waals surface area contributed by atoms with Crippen molar-refractivity contribution in [3.05, 3.63) is 0 Å². The maximum atomic E-state index is 9.79. The summed E-state index contributed by atoms with van der Waals surface area (Å²) < 4.78 is 0. The van der Waals surface area contributed by atoms with E-state index in [2.05, 4.69) is 15.2 Å². The molecule has 0 aromatic rings. The van der Waals surface area contributed by atoms with Crippen molar-refractivity contribution < 1.29 is 10.2 Å². The Kier molecular flexibility index (Phi) is 4.83. The minimum absolute atomic E-state index is 0.154. The molecule has 3 N–H and O–H groups in total. The summed E-state index contributed by atoms with van der Waals surface area (Å²) in [5.74, 6) is 1.26. The first-order chi connectivity index (χ1) is 8.70. The maximum absolute atomic E-state index is 9.79. The van der Waals surface area contributed by atoms with Crippen LogP contribution in [0.2, 0.25) is 0 Å². The Morgan fingerprint density at radius 3 is 2.50 bits per heavy atom. The third-order valence-corrected chi connectivity index (χ3v) is 4.12. The lowest BCUT2D eigenvalue weighted by Gasteiger charge is -2.33. The van der Waals surface area contributed by atoms with E-state index in [0.717, 1.165) is 57.7 Å². The van der Waals surface area contributed by atoms with Crippen LogP contribution in [0, 0.1) is 5.92 Å². The van der Waals surface area contributed by atoms with Gasteiger partial charge >= 0.3 is 0 Å². The monoisotopic (exact) mass is 255 g/mol. The third-order valence-electron chi connectivity index (χ3n) is 4.12. The molecule has 2 aliphatic rings. The van der Waals surface area contributed by atoms with E-state index in [-0.39, 0.29) is 12.2 Å². The smallest absolute Gasteiger partial charge is 0.193 e. The molecule has 0 aromatic carbocycles. The number of likely N-dealkylation sites (tertiary alicyclic amines) is 1. The lowest BCUT2D eigenvalue weighted by molar-refractivity contribution is 0.107. The zero-order valence-electron chi connectivity index (χ0n) is 11.2. The molecular weight excluding hydrogens is 230 g/mol. The molecule has 18 heavy (non-hydrogen) atoms. The summed E-state index contributed by atoms with van der Waals surface area (Å²) in [7, 11) is 1.79. The van der Waals surface area contributed by atoms with E-state index < -0.39 is 0 Å². The number of nitrogens with one attached hydrogen (secondary N) is 1. The summed E-state index contributed by atoms with van der Waals surface area (Å²) >= 11 is 0. The van der Waals surface area contributed by atoms with Gasteiger partial charge in [-0.3, -0.25) is 4.99 Å². The van der Waals surface area contributed by atoms with Gasteiger partial charge in [0.2, 0.25) is 0 Å². The third kappa shape index (κ3) is 3.36. The molecule has 1 heterocycles. The van der Waals surface area contributed by atoms with E-state index in [1.165, 1.54) is 0 Å². The summed E-state index contributed by atoms with van der Waals surface area (Å²) in [4.78, 5) is 6.48. The Balaban J connectivity index is 1.79. The molecule has 104 valence electrons. The second kappa shape index (κ2) is 6.38. The summed E-state index contributed by atoms with van der Waals surface area (Å²) in [5, 5.41) is 22.7. The lowest BCUT2D eigenvalue weighted by atomic mass is 10.1. The van der Waals surface area contributed by atoms with Crippen LogP contribution in [0.1, 0.15) is 32.1 Å². The van der Waals surface area contributed by atoms with E-state index in [1.807, 2.05) is 0 Å².